The predicted octanol–water partition coefficient (Wildman–Crippen LogP) is 4.68. The number of halogens is 4. The van der Waals surface area contributed by atoms with Crippen molar-refractivity contribution in [3.8, 4) is 0 Å². The van der Waals surface area contributed by atoms with Crippen LogP contribution in [0, 0.1) is 0 Å². The molecule has 4 nitrogen and oxygen atoms in total. The van der Waals surface area contributed by atoms with E-state index in [1.54, 1.807) is 27.7 Å². The Bertz CT molecular complexity index is 557. The molecule has 0 aliphatic carbocycles. The molecule has 0 fully saturated rings. The predicted molar refractivity (Wildman–Crippen MR) is 83.8 cm³/mol. The Morgan fingerprint density at radius 2 is 1.91 bits per heavy atom. The van der Waals surface area contributed by atoms with Crippen LogP contribution in [0.25, 0.3) is 0 Å². The lowest BCUT2D eigenvalue weighted by atomic mass is 10.1. The first kappa shape index (κ1) is 19.4. The van der Waals surface area contributed by atoms with Crippen molar-refractivity contribution in [2.45, 2.75) is 45.5 Å². The van der Waals surface area contributed by atoms with Crippen molar-refractivity contribution in [2.24, 2.45) is 0 Å². The second-order valence-corrected chi connectivity index (χ2v) is 6.55. The number of rotatable bonds is 4. The Hall–Kier alpha value is -1.63. The van der Waals surface area contributed by atoms with E-state index >= 15 is 0 Å². The fourth-order valence-corrected chi connectivity index (χ4v) is 1.92. The van der Waals surface area contributed by atoms with Crippen LogP contribution in [0.1, 0.15) is 33.3 Å². The summed E-state index contributed by atoms with van der Waals surface area (Å²) in [5, 5.41) is 5.21. The van der Waals surface area contributed by atoms with Gasteiger partial charge in [0.2, 0.25) is 0 Å². The van der Waals surface area contributed by atoms with Crippen molar-refractivity contribution in [2.75, 3.05) is 11.9 Å². The van der Waals surface area contributed by atoms with Crippen LogP contribution in [0.4, 0.5) is 23.7 Å². The second-order valence-electron chi connectivity index (χ2n) is 6.12. The molecule has 1 unspecified atom stereocenters. The zero-order valence-electron chi connectivity index (χ0n) is 13.3. The van der Waals surface area contributed by atoms with Crippen molar-refractivity contribution in [1.29, 1.82) is 0 Å². The molecule has 0 aromatic heterocycles. The van der Waals surface area contributed by atoms with Gasteiger partial charge in [-0.1, -0.05) is 11.6 Å². The Morgan fingerprint density at radius 1 is 1.30 bits per heavy atom. The van der Waals surface area contributed by atoms with Gasteiger partial charge in [-0.2, -0.15) is 13.2 Å². The first-order valence-electron chi connectivity index (χ1n) is 6.98. The van der Waals surface area contributed by atoms with E-state index in [-0.39, 0.29) is 17.3 Å². The summed E-state index contributed by atoms with van der Waals surface area (Å²) in [5.74, 6) is 0. The summed E-state index contributed by atoms with van der Waals surface area (Å²) in [6.07, 6.45) is -5.15. The standard InChI is InChI=1S/C15H20ClF3N2O2/c1-9(8-20-13(22)23-14(2,3)4)21-12-6-5-10(16)7-11(12)15(17,18)19/h5-7,9,21H,8H2,1-4H3,(H,20,22). The summed E-state index contributed by atoms with van der Waals surface area (Å²) >= 11 is 5.62. The van der Waals surface area contributed by atoms with E-state index in [2.05, 4.69) is 10.6 Å². The molecule has 0 heterocycles. The minimum absolute atomic E-state index is 0.00223. The molecule has 0 saturated carbocycles. The maximum Gasteiger partial charge on any atom is 0.418 e. The van der Waals surface area contributed by atoms with Crippen molar-refractivity contribution in [3.05, 3.63) is 28.8 Å². The Kier molecular flexibility index (Phi) is 6.16. The number of alkyl carbamates (subject to hydrolysis) is 1. The van der Waals surface area contributed by atoms with Crippen molar-refractivity contribution in [1.82, 2.24) is 5.32 Å². The molecule has 8 heteroatoms. The van der Waals surface area contributed by atoms with Crippen molar-refractivity contribution < 1.29 is 22.7 Å². The summed E-state index contributed by atoms with van der Waals surface area (Å²) in [6.45, 7) is 6.91. The van der Waals surface area contributed by atoms with Gasteiger partial charge in [0.25, 0.3) is 0 Å². The van der Waals surface area contributed by atoms with Crippen LogP contribution >= 0.6 is 11.6 Å². The van der Waals surface area contributed by atoms with Crippen LogP contribution in [-0.2, 0) is 10.9 Å². The average molecular weight is 353 g/mol. The van der Waals surface area contributed by atoms with E-state index in [9.17, 15) is 18.0 Å². The van der Waals surface area contributed by atoms with E-state index in [4.69, 9.17) is 16.3 Å². The molecule has 0 saturated heterocycles. The van der Waals surface area contributed by atoms with E-state index in [1.807, 2.05) is 0 Å². The van der Waals surface area contributed by atoms with Crippen LogP contribution in [0.3, 0.4) is 0 Å². The van der Waals surface area contributed by atoms with Gasteiger partial charge in [-0.15, -0.1) is 0 Å². The fourth-order valence-electron chi connectivity index (χ4n) is 1.74. The van der Waals surface area contributed by atoms with Gasteiger partial charge in [-0.05, 0) is 45.9 Å². The summed E-state index contributed by atoms with van der Waals surface area (Å²) in [7, 11) is 0. The topological polar surface area (TPSA) is 50.4 Å². The largest absolute Gasteiger partial charge is 0.444 e. The Labute approximate surface area is 138 Å². The highest BCUT2D eigenvalue weighted by atomic mass is 35.5. The van der Waals surface area contributed by atoms with Crippen LogP contribution in [0.2, 0.25) is 5.02 Å². The minimum atomic E-state index is -4.52. The van der Waals surface area contributed by atoms with Gasteiger partial charge in [0.1, 0.15) is 5.60 Å². The fraction of sp³-hybridized carbons (Fsp3) is 0.533. The third kappa shape index (κ3) is 6.99. The van der Waals surface area contributed by atoms with Crippen molar-refractivity contribution in [3.63, 3.8) is 0 Å². The zero-order chi connectivity index (χ0) is 17.8. The number of benzene rings is 1. The summed E-state index contributed by atoms with van der Waals surface area (Å²) in [6, 6.07) is 3.05. The smallest absolute Gasteiger partial charge is 0.418 e. The number of nitrogens with one attached hydrogen (secondary N) is 2. The number of hydrogen-bond donors (Lipinski definition) is 2. The van der Waals surface area contributed by atoms with Gasteiger partial charge in [-0.25, -0.2) is 4.79 Å². The number of carbonyl (C=O) groups excluding carboxylic acids is 1. The molecule has 1 aromatic rings. The first-order chi connectivity index (χ1) is 10.4. The molecule has 2 N–H and O–H groups in total. The van der Waals surface area contributed by atoms with Crippen molar-refractivity contribution >= 4 is 23.4 Å². The molecule has 0 aliphatic rings. The lowest BCUT2D eigenvalue weighted by molar-refractivity contribution is -0.137. The highest BCUT2D eigenvalue weighted by Gasteiger charge is 2.34. The van der Waals surface area contributed by atoms with Gasteiger partial charge >= 0.3 is 12.3 Å². The van der Waals surface area contributed by atoms with Gasteiger partial charge in [0.15, 0.2) is 0 Å². The number of anilines is 1. The molecule has 0 radical (unpaired) electrons. The number of carbonyl (C=O) groups is 1. The Balaban J connectivity index is 2.68. The third-order valence-corrected chi connectivity index (χ3v) is 2.88. The number of hydrogen-bond acceptors (Lipinski definition) is 3. The number of ether oxygens (including phenoxy) is 1. The summed E-state index contributed by atoms with van der Waals surface area (Å²) in [4.78, 5) is 11.5. The van der Waals surface area contributed by atoms with E-state index in [0.717, 1.165) is 6.07 Å². The normalized spacial score (nSPS) is 13.4. The van der Waals surface area contributed by atoms with Crippen LogP contribution in [0.15, 0.2) is 18.2 Å². The maximum atomic E-state index is 13.0. The molecule has 1 atom stereocenters. The number of alkyl halides is 3. The van der Waals surface area contributed by atoms with Gasteiger partial charge in [0.05, 0.1) is 5.56 Å². The van der Waals surface area contributed by atoms with Gasteiger partial charge in [-0.3, -0.25) is 0 Å². The molecule has 0 aliphatic heterocycles. The highest BCUT2D eigenvalue weighted by molar-refractivity contribution is 6.30. The molecular weight excluding hydrogens is 333 g/mol. The lowest BCUT2D eigenvalue weighted by Crippen LogP contribution is -2.38. The maximum absolute atomic E-state index is 13.0. The quantitative estimate of drug-likeness (QED) is 0.827. The molecule has 23 heavy (non-hydrogen) atoms. The highest BCUT2D eigenvalue weighted by Crippen LogP contribution is 2.36. The molecule has 130 valence electrons. The van der Waals surface area contributed by atoms with E-state index in [0.29, 0.717) is 0 Å². The molecule has 0 spiro atoms. The molecule has 1 amide bonds. The zero-order valence-corrected chi connectivity index (χ0v) is 14.1. The van der Waals surface area contributed by atoms with Gasteiger partial charge in [0, 0.05) is 23.3 Å². The van der Waals surface area contributed by atoms with Crippen LogP contribution < -0.4 is 10.6 Å². The van der Waals surface area contributed by atoms with E-state index < -0.39 is 29.5 Å². The van der Waals surface area contributed by atoms with Crippen LogP contribution in [0.5, 0.6) is 0 Å². The monoisotopic (exact) mass is 352 g/mol. The molecule has 1 rings (SSSR count). The van der Waals surface area contributed by atoms with Gasteiger partial charge < -0.3 is 15.4 Å². The average Bonchev–Trinajstić information content (AvgIpc) is 2.35. The minimum Gasteiger partial charge on any atom is -0.444 e. The summed E-state index contributed by atoms with van der Waals surface area (Å²) < 4.78 is 44.0. The third-order valence-electron chi connectivity index (χ3n) is 2.64. The molecule has 1 aromatic carbocycles. The second kappa shape index (κ2) is 7.29. The first-order valence-corrected chi connectivity index (χ1v) is 7.36. The van der Waals surface area contributed by atoms with E-state index in [1.165, 1.54) is 12.1 Å². The number of amides is 1. The Morgan fingerprint density at radius 3 is 2.43 bits per heavy atom. The molecule has 0 bridgehead atoms. The van der Waals surface area contributed by atoms with Crippen LogP contribution in [-0.4, -0.2) is 24.3 Å². The summed E-state index contributed by atoms with van der Waals surface area (Å²) in [5.41, 5.74) is -1.59. The molecular formula is C15H20ClF3N2O2. The SMILES string of the molecule is CC(CNC(=O)OC(C)(C)C)Nc1ccc(Cl)cc1C(F)(F)F. The lowest BCUT2D eigenvalue weighted by Gasteiger charge is -2.22.